The maximum atomic E-state index is 13.4. The van der Waals surface area contributed by atoms with Crippen LogP contribution in [0.25, 0.3) is 5.69 Å². The highest BCUT2D eigenvalue weighted by atomic mass is 35.5. The number of nitrogens with zero attached hydrogens (tertiary/aromatic N) is 7. The summed E-state index contributed by atoms with van der Waals surface area (Å²) in [6, 6.07) is 0. The molecule has 2 unspecified atom stereocenters. The van der Waals surface area contributed by atoms with E-state index in [9.17, 15) is 8.42 Å². The Bertz CT molecular complexity index is 1260. The molecule has 3 aromatic heterocycles. The second kappa shape index (κ2) is 10.3. The van der Waals surface area contributed by atoms with Crippen LogP contribution in [0.1, 0.15) is 43.8 Å². The molecule has 3 aromatic rings. The Labute approximate surface area is 207 Å². The second-order valence-electron chi connectivity index (χ2n) is 7.92. The molecule has 0 amide bonds. The lowest BCUT2D eigenvalue weighted by Crippen LogP contribution is -2.31. The van der Waals surface area contributed by atoms with Crippen LogP contribution in [-0.2, 0) is 14.8 Å². The van der Waals surface area contributed by atoms with E-state index < -0.39 is 21.2 Å². The monoisotopic (exact) mass is 524 g/mol. The van der Waals surface area contributed by atoms with Crippen molar-refractivity contribution in [2.24, 2.45) is 0 Å². The van der Waals surface area contributed by atoms with Crippen LogP contribution in [0.2, 0.25) is 5.02 Å². The van der Waals surface area contributed by atoms with Crippen LogP contribution in [-0.4, -0.2) is 75.8 Å². The van der Waals surface area contributed by atoms with Gasteiger partial charge in [0.15, 0.2) is 5.69 Å². The molecule has 188 valence electrons. The van der Waals surface area contributed by atoms with Gasteiger partial charge in [-0.3, -0.25) is 9.29 Å². The van der Waals surface area contributed by atoms with Gasteiger partial charge < -0.3 is 14.2 Å². The van der Waals surface area contributed by atoms with Crippen molar-refractivity contribution in [3.8, 4) is 17.4 Å². The highest BCUT2D eigenvalue weighted by molar-refractivity contribution is 7.93. The Hall–Kier alpha value is -3.10. The SMILES string of the molecule is COc1ncnc(OC)c1-n1c(NS(=O)(=O)C(C)C(C)c2ncc(Cl)cn2)nnc1[C@H]1CCOC1. The largest absolute Gasteiger partial charge is 0.479 e. The summed E-state index contributed by atoms with van der Waals surface area (Å²) >= 11 is 5.86. The van der Waals surface area contributed by atoms with Gasteiger partial charge in [-0.2, -0.15) is 9.97 Å². The first kappa shape index (κ1) is 25.0. The van der Waals surface area contributed by atoms with Crippen molar-refractivity contribution in [1.29, 1.82) is 0 Å². The van der Waals surface area contributed by atoms with E-state index in [0.717, 1.165) is 0 Å². The Kier molecular flexibility index (Phi) is 7.33. The number of aromatic nitrogens is 7. The lowest BCUT2D eigenvalue weighted by atomic mass is 10.1. The molecule has 35 heavy (non-hydrogen) atoms. The lowest BCUT2D eigenvalue weighted by molar-refractivity contribution is 0.193. The van der Waals surface area contributed by atoms with Gasteiger partial charge in [0.1, 0.15) is 18.0 Å². The second-order valence-corrected chi connectivity index (χ2v) is 10.4. The predicted molar refractivity (Wildman–Crippen MR) is 126 cm³/mol. The fraction of sp³-hybridized carbons (Fsp3) is 0.500. The first-order valence-corrected chi connectivity index (χ1v) is 12.6. The number of methoxy groups -OCH3 is 2. The van der Waals surface area contributed by atoms with Crippen molar-refractivity contribution in [3.63, 3.8) is 0 Å². The summed E-state index contributed by atoms with van der Waals surface area (Å²) in [4.78, 5) is 16.6. The standard InChI is InChI=1S/C20H25ClN8O5S/c1-11(16-22-7-14(21)8-23-16)12(2)35(30,31)28-20-27-26-17(13-5-6-34-9-13)29(20)15-18(32-3)24-10-25-19(15)33-4/h7-8,10-13H,5-6,9H2,1-4H3,(H,27,28)/t11?,12?,13-/m0/s1. The molecule has 0 spiro atoms. The van der Waals surface area contributed by atoms with Crippen LogP contribution in [0.15, 0.2) is 18.7 Å². The van der Waals surface area contributed by atoms with Crippen LogP contribution >= 0.6 is 11.6 Å². The summed E-state index contributed by atoms with van der Waals surface area (Å²) in [7, 11) is -1.11. The van der Waals surface area contributed by atoms with Gasteiger partial charge in [-0.1, -0.05) is 18.5 Å². The van der Waals surface area contributed by atoms with Gasteiger partial charge in [-0.15, -0.1) is 10.2 Å². The van der Waals surface area contributed by atoms with E-state index >= 15 is 0 Å². The van der Waals surface area contributed by atoms with Crippen molar-refractivity contribution < 1.29 is 22.6 Å². The predicted octanol–water partition coefficient (Wildman–Crippen LogP) is 1.96. The fourth-order valence-corrected chi connectivity index (χ4v) is 5.01. The third kappa shape index (κ3) is 4.99. The summed E-state index contributed by atoms with van der Waals surface area (Å²) < 4.78 is 47.3. The highest BCUT2D eigenvalue weighted by Crippen LogP contribution is 2.36. The third-order valence-electron chi connectivity index (χ3n) is 5.82. The molecule has 4 heterocycles. The zero-order valence-electron chi connectivity index (χ0n) is 19.5. The summed E-state index contributed by atoms with van der Waals surface area (Å²) in [5, 5.41) is 7.86. The zero-order valence-corrected chi connectivity index (χ0v) is 21.1. The Balaban J connectivity index is 1.76. The molecule has 15 heteroatoms. The minimum absolute atomic E-state index is 0.0608. The van der Waals surface area contributed by atoms with Crippen LogP contribution in [0.4, 0.5) is 5.95 Å². The van der Waals surface area contributed by atoms with Crippen LogP contribution in [0, 0.1) is 0 Å². The van der Waals surface area contributed by atoms with Gasteiger partial charge in [0.25, 0.3) is 0 Å². The fourth-order valence-electron chi connectivity index (χ4n) is 3.68. The Morgan fingerprint density at radius 3 is 2.34 bits per heavy atom. The minimum atomic E-state index is -3.99. The van der Waals surface area contributed by atoms with Gasteiger partial charge in [0, 0.05) is 30.8 Å². The van der Waals surface area contributed by atoms with E-state index in [4.69, 9.17) is 25.8 Å². The number of ether oxygens (including phenoxy) is 3. The molecule has 1 fully saturated rings. The van der Waals surface area contributed by atoms with E-state index in [1.54, 1.807) is 13.8 Å². The first-order chi connectivity index (χ1) is 16.8. The molecule has 0 bridgehead atoms. The van der Waals surface area contributed by atoms with Crippen LogP contribution in [0.3, 0.4) is 0 Å². The molecule has 1 aliphatic heterocycles. The molecule has 1 N–H and O–H groups in total. The highest BCUT2D eigenvalue weighted by Gasteiger charge is 2.34. The number of anilines is 1. The molecular weight excluding hydrogens is 500 g/mol. The van der Waals surface area contributed by atoms with Gasteiger partial charge in [-0.05, 0) is 13.3 Å². The molecule has 4 rings (SSSR count). The summed E-state index contributed by atoms with van der Waals surface area (Å²) in [5.74, 6) is 0.392. The lowest BCUT2D eigenvalue weighted by Gasteiger charge is -2.21. The first-order valence-electron chi connectivity index (χ1n) is 10.7. The van der Waals surface area contributed by atoms with E-state index in [2.05, 4.69) is 34.9 Å². The molecule has 0 saturated carbocycles. The quantitative estimate of drug-likeness (QED) is 0.436. The smallest absolute Gasteiger partial charge is 0.245 e. The van der Waals surface area contributed by atoms with Crippen LogP contribution in [0.5, 0.6) is 11.8 Å². The molecule has 3 atom stereocenters. The number of nitrogens with one attached hydrogen (secondary N) is 1. The van der Waals surface area contributed by atoms with Gasteiger partial charge >= 0.3 is 0 Å². The molecule has 0 aliphatic carbocycles. The number of rotatable bonds is 9. The number of hydrogen-bond donors (Lipinski definition) is 1. The average molecular weight is 525 g/mol. The number of halogens is 1. The topological polar surface area (TPSA) is 156 Å². The minimum Gasteiger partial charge on any atom is -0.479 e. The Morgan fingerprint density at radius 1 is 1.11 bits per heavy atom. The van der Waals surface area contributed by atoms with Crippen molar-refractivity contribution in [1.82, 2.24) is 34.7 Å². The van der Waals surface area contributed by atoms with E-state index in [0.29, 0.717) is 36.3 Å². The van der Waals surface area contributed by atoms with Crippen molar-refractivity contribution in [2.45, 2.75) is 37.4 Å². The summed E-state index contributed by atoms with van der Waals surface area (Å²) in [6.07, 6.45) is 4.82. The normalized spacial score (nSPS) is 17.7. The zero-order chi connectivity index (χ0) is 25.2. The molecule has 1 aliphatic rings. The van der Waals surface area contributed by atoms with Gasteiger partial charge in [0.05, 0.1) is 31.1 Å². The average Bonchev–Trinajstić information content (AvgIpc) is 3.52. The van der Waals surface area contributed by atoms with E-state index in [-0.39, 0.29) is 29.3 Å². The molecule has 13 nitrogen and oxygen atoms in total. The molecular formula is C20H25ClN8O5S. The van der Waals surface area contributed by atoms with E-state index in [1.165, 1.54) is 37.5 Å². The summed E-state index contributed by atoms with van der Waals surface area (Å²) in [5.41, 5.74) is 0.267. The maximum Gasteiger partial charge on any atom is 0.245 e. The van der Waals surface area contributed by atoms with Gasteiger partial charge in [0.2, 0.25) is 27.7 Å². The number of sulfonamides is 1. The number of hydrogen-bond acceptors (Lipinski definition) is 11. The van der Waals surface area contributed by atoms with Crippen molar-refractivity contribution >= 4 is 27.6 Å². The molecule has 1 saturated heterocycles. The Morgan fingerprint density at radius 2 is 1.77 bits per heavy atom. The summed E-state index contributed by atoms with van der Waals surface area (Å²) in [6.45, 7) is 4.23. The third-order valence-corrected chi connectivity index (χ3v) is 7.87. The van der Waals surface area contributed by atoms with Crippen LogP contribution < -0.4 is 14.2 Å². The van der Waals surface area contributed by atoms with Crippen molar-refractivity contribution in [2.75, 3.05) is 32.2 Å². The van der Waals surface area contributed by atoms with Gasteiger partial charge in [-0.25, -0.2) is 18.4 Å². The van der Waals surface area contributed by atoms with E-state index in [1.807, 2.05) is 0 Å². The van der Waals surface area contributed by atoms with Crippen molar-refractivity contribution in [3.05, 3.63) is 35.4 Å². The molecule has 0 aromatic carbocycles. The maximum absolute atomic E-state index is 13.4. The molecule has 0 radical (unpaired) electrons.